The maximum Gasteiger partial charge on any atom is 0.243 e. The minimum absolute atomic E-state index is 0.410. The Morgan fingerprint density at radius 3 is 2.40 bits per heavy atom. The van der Waals surface area contributed by atoms with Gasteiger partial charge in [0.15, 0.2) is 0 Å². The largest absolute Gasteiger partial charge is 0.319 e. The quantitative estimate of drug-likeness (QED) is 0.797. The molecule has 0 atom stereocenters. The Labute approximate surface area is 122 Å². The van der Waals surface area contributed by atoms with Gasteiger partial charge in [0, 0.05) is 13.1 Å². The van der Waals surface area contributed by atoms with Gasteiger partial charge in [-0.15, -0.1) is 0 Å². The Balaban J connectivity index is 2.10. The van der Waals surface area contributed by atoms with E-state index in [2.05, 4.69) is 5.32 Å². The first kappa shape index (κ1) is 15.5. The second-order valence-corrected chi connectivity index (χ2v) is 7.33. The highest BCUT2D eigenvalue weighted by molar-refractivity contribution is 7.89. The van der Waals surface area contributed by atoms with Crippen LogP contribution < -0.4 is 5.32 Å². The maximum absolute atomic E-state index is 12.6. The van der Waals surface area contributed by atoms with Crippen molar-refractivity contribution in [1.82, 2.24) is 9.62 Å². The molecule has 0 unspecified atom stereocenters. The van der Waals surface area contributed by atoms with Crippen LogP contribution in [0.15, 0.2) is 29.2 Å². The van der Waals surface area contributed by atoms with Crippen molar-refractivity contribution >= 4 is 10.0 Å². The lowest BCUT2D eigenvalue weighted by Crippen LogP contribution is -2.32. The van der Waals surface area contributed by atoms with E-state index in [0.717, 1.165) is 31.4 Å². The SMILES string of the molecule is CCN(CC1CC1)S(=O)(=O)c1ccc(CCNC)cc1. The van der Waals surface area contributed by atoms with E-state index in [1.807, 2.05) is 26.1 Å². The van der Waals surface area contributed by atoms with Crippen LogP contribution in [0, 0.1) is 5.92 Å². The van der Waals surface area contributed by atoms with E-state index in [4.69, 9.17) is 0 Å². The van der Waals surface area contributed by atoms with E-state index in [1.54, 1.807) is 16.4 Å². The van der Waals surface area contributed by atoms with Crippen molar-refractivity contribution in [2.75, 3.05) is 26.7 Å². The molecule has 1 aliphatic carbocycles. The van der Waals surface area contributed by atoms with Crippen LogP contribution in [0.4, 0.5) is 0 Å². The first-order valence-corrected chi connectivity index (χ1v) is 8.75. The second-order valence-electron chi connectivity index (χ2n) is 5.40. The minimum atomic E-state index is -3.33. The molecule has 1 saturated carbocycles. The lowest BCUT2D eigenvalue weighted by molar-refractivity contribution is 0.412. The third-order valence-corrected chi connectivity index (χ3v) is 5.69. The number of likely N-dealkylation sites (N-methyl/N-ethyl adjacent to an activating group) is 1. The number of sulfonamides is 1. The van der Waals surface area contributed by atoms with Crippen LogP contribution in [-0.4, -0.2) is 39.4 Å². The molecule has 0 spiro atoms. The predicted molar refractivity (Wildman–Crippen MR) is 81.2 cm³/mol. The van der Waals surface area contributed by atoms with Gasteiger partial charge in [0.25, 0.3) is 0 Å². The van der Waals surface area contributed by atoms with Gasteiger partial charge in [-0.2, -0.15) is 4.31 Å². The van der Waals surface area contributed by atoms with E-state index in [-0.39, 0.29) is 0 Å². The van der Waals surface area contributed by atoms with Gasteiger partial charge in [0.05, 0.1) is 4.90 Å². The number of hydrogen-bond acceptors (Lipinski definition) is 3. The molecule has 0 amide bonds. The van der Waals surface area contributed by atoms with Crippen LogP contribution in [-0.2, 0) is 16.4 Å². The molecule has 0 bridgehead atoms. The molecule has 5 heteroatoms. The van der Waals surface area contributed by atoms with Gasteiger partial charge in [0.1, 0.15) is 0 Å². The van der Waals surface area contributed by atoms with Gasteiger partial charge in [-0.1, -0.05) is 19.1 Å². The minimum Gasteiger partial charge on any atom is -0.319 e. The average molecular weight is 296 g/mol. The summed E-state index contributed by atoms with van der Waals surface area (Å²) in [5, 5.41) is 3.09. The highest BCUT2D eigenvalue weighted by atomic mass is 32.2. The standard InChI is InChI=1S/C15H24N2O2S/c1-3-17(12-14-4-5-14)20(18,19)15-8-6-13(7-9-15)10-11-16-2/h6-9,14,16H,3-5,10-12H2,1-2H3. The molecule has 112 valence electrons. The Hall–Kier alpha value is -0.910. The fraction of sp³-hybridized carbons (Fsp3) is 0.600. The van der Waals surface area contributed by atoms with Crippen LogP contribution in [0.2, 0.25) is 0 Å². The maximum atomic E-state index is 12.6. The van der Waals surface area contributed by atoms with E-state index in [1.165, 1.54) is 0 Å². The summed E-state index contributed by atoms with van der Waals surface area (Å²) in [6.45, 7) is 4.01. The molecule has 1 aliphatic rings. The summed E-state index contributed by atoms with van der Waals surface area (Å²) in [4.78, 5) is 0.410. The third-order valence-electron chi connectivity index (χ3n) is 3.74. The van der Waals surface area contributed by atoms with E-state index < -0.39 is 10.0 Å². The lowest BCUT2D eigenvalue weighted by atomic mass is 10.1. The number of rotatable bonds is 8. The molecule has 0 aliphatic heterocycles. The van der Waals surface area contributed by atoms with Gasteiger partial charge < -0.3 is 5.32 Å². The highest BCUT2D eigenvalue weighted by Crippen LogP contribution is 2.31. The van der Waals surface area contributed by atoms with Gasteiger partial charge in [-0.05, 0) is 56.5 Å². The van der Waals surface area contributed by atoms with Crippen LogP contribution in [0.25, 0.3) is 0 Å². The molecule has 4 nitrogen and oxygen atoms in total. The molecule has 1 N–H and O–H groups in total. The molecule has 0 saturated heterocycles. The van der Waals surface area contributed by atoms with Crippen molar-refractivity contribution in [3.05, 3.63) is 29.8 Å². The smallest absolute Gasteiger partial charge is 0.243 e. The number of nitrogens with zero attached hydrogens (tertiary/aromatic N) is 1. The van der Waals surface area contributed by atoms with Crippen LogP contribution >= 0.6 is 0 Å². The van der Waals surface area contributed by atoms with Crippen molar-refractivity contribution in [2.45, 2.75) is 31.1 Å². The number of nitrogens with one attached hydrogen (secondary N) is 1. The van der Waals surface area contributed by atoms with E-state index >= 15 is 0 Å². The zero-order valence-corrected chi connectivity index (χ0v) is 13.1. The van der Waals surface area contributed by atoms with E-state index in [0.29, 0.717) is 23.9 Å². The molecule has 1 aromatic carbocycles. The summed E-state index contributed by atoms with van der Waals surface area (Å²) < 4.78 is 26.7. The Bertz CT molecular complexity index is 521. The van der Waals surface area contributed by atoms with Crippen LogP contribution in [0.3, 0.4) is 0 Å². The summed E-state index contributed by atoms with van der Waals surface area (Å²) in [5.74, 6) is 0.569. The second kappa shape index (κ2) is 6.70. The summed E-state index contributed by atoms with van der Waals surface area (Å²) >= 11 is 0. The summed E-state index contributed by atoms with van der Waals surface area (Å²) in [7, 11) is -1.41. The normalized spacial score (nSPS) is 15.8. The monoisotopic (exact) mass is 296 g/mol. The molecule has 20 heavy (non-hydrogen) atoms. The van der Waals surface area contributed by atoms with Crippen molar-refractivity contribution in [1.29, 1.82) is 0 Å². The van der Waals surface area contributed by atoms with Crippen LogP contribution in [0.5, 0.6) is 0 Å². The lowest BCUT2D eigenvalue weighted by Gasteiger charge is -2.20. The predicted octanol–water partition coefficient (Wildman–Crippen LogP) is 1.87. The Morgan fingerprint density at radius 2 is 1.90 bits per heavy atom. The van der Waals surface area contributed by atoms with Crippen molar-refractivity contribution in [3.63, 3.8) is 0 Å². The van der Waals surface area contributed by atoms with Gasteiger partial charge in [-0.25, -0.2) is 8.42 Å². The van der Waals surface area contributed by atoms with Gasteiger partial charge in [-0.3, -0.25) is 0 Å². The molecular formula is C15H24N2O2S. The zero-order chi connectivity index (χ0) is 14.6. The average Bonchev–Trinajstić information content (AvgIpc) is 3.26. The number of hydrogen-bond donors (Lipinski definition) is 1. The summed E-state index contributed by atoms with van der Waals surface area (Å²) in [6.07, 6.45) is 3.24. The fourth-order valence-corrected chi connectivity index (χ4v) is 3.76. The topological polar surface area (TPSA) is 49.4 Å². The summed E-state index contributed by atoms with van der Waals surface area (Å²) in [5.41, 5.74) is 1.16. The first-order valence-electron chi connectivity index (χ1n) is 7.31. The van der Waals surface area contributed by atoms with Crippen molar-refractivity contribution < 1.29 is 8.42 Å². The molecule has 0 radical (unpaired) electrons. The molecule has 0 aromatic heterocycles. The van der Waals surface area contributed by atoms with Crippen LogP contribution in [0.1, 0.15) is 25.3 Å². The van der Waals surface area contributed by atoms with Gasteiger partial charge in [0.2, 0.25) is 10.0 Å². The molecule has 1 aromatic rings. The summed E-state index contributed by atoms with van der Waals surface area (Å²) in [6, 6.07) is 7.29. The molecule has 0 heterocycles. The third kappa shape index (κ3) is 3.81. The van der Waals surface area contributed by atoms with Gasteiger partial charge >= 0.3 is 0 Å². The van der Waals surface area contributed by atoms with Crippen molar-refractivity contribution in [3.8, 4) is 0 Å². The Morgan fingerprint density at radius 1 is 1.25 bits per heavy atom. The molecule has 1 fully saturated rings. The first-order chi connectivity index (χ1) is 9.57. The fourth-order valence-electron chi connectivity index (χ4n) is 2.23. The van der Waals surface area contributed by atoms with Crippen molar-refractivity contribution in [2.24, 2.45) is 5.92 Å². The van der Waals surface area contributed by atoms with E-state index in [9.17, 15) is 8.42 Å². The highest BCUT2D eigenvalue weighted by Gasteiger charge is 2.30. The zero-order valence-electron chi connectivity index (χ0n) is 12.3. The Kier molecular flexibility index (Phi) is 5.18. The number of benzene rings is 1. The molecular weight excluding hydrogens is 272 g/mol. The molecule has 2 rings (SSSR count).